The lowest BCUT2D eigenvalue weighted by Crippen LogP contribution is -2.38. The number of benzene rings is 1. The molecule has 0 bridgehead atoms. The number of likely N-dealkylation sites (tertiary alicyclic amines) is 1. The zero-order chi connectivity index (χ0) is 18.2. The molecule has 0 aromatic heterocycles. The third kappa shape index (κ3) is 5.82. The largest absolute Gasteiger partial charge is 0.301 e. The van der Waals surface area contributed by atoms with Gasteiger partial charge in [0.25, 0.3) is 5.91 Å². The molecule has 1 atom stereocenters. The molecule has 1 saturated heterocycles. The molecule has 1 aliphatic rings. The van der Waals surface area contributed by atoms with Crippen LogP contribution in [0.2, 0.25) is 0 Å². The second-order valence-electron chi connectivity index (χ2n) is 7.70. The topological polar surface area (TPSA) is 52.6 Å². The molecule has 0 saturated carbocycles. The molecule has 25 heavy (non-hydrogen) atoms. The van der Waals surface area contributed by atoms with E-state index in [1.54, 1.807) is 5.48 Å². The molecule has 1 aromatic carbocycles. The second-order valence-corrected chi connectivity index (χ2v) is 7.70. The summed E-state index contributed by atoms with van der Waals surface area (Å²) in [4.78, 5) is 14.1. The molecule has 140 valence electrons. The van der Waals surface area contributed by atoms with E-state index in [0.717, 1.165) is 5.92 Å². The van der Waals surface area contributed by atoms with Crippen molar-refractivity contribution in [1.29, 1.82) is 0 Å². The van der Waals surface area contributed by atoms with Crippen molar-refractivity contribution < 1.29 is 10.0 Å². The number of carbonyl (C=O) groups is 1. The van der Waals surface area contributed by atoms with Crippen LogP contribution < -0.4 is 5.48 Å². The fourth-order valence-electron chi connectivity index (χ4n) is 3.99. The molecule has 1 aromatic rings. The van der Waals surface area contributed by atoms with Gasteiger partial charge >= 0.3 is 0 Å². The fraction of sp³-hybridized carbons (Fsp3) is 0.667. The van der Waals surface area contributed by atoms with Crippen LogP contribution in [0.25, 0.3) is 0 Å². The first kappa shape index (κ1) is 19.9. The maximum absolute atomic E-state index is 11.5. The van der Waals surface area contributed by atoms with Gasteiger partial charge in [-0.15, -0.1) is 0 Å². The first-order valence-electron chi connectivity index (χ1n) is 9.83. The first-order chi connectivity index (χ1) is 12.0. The molecule has 2 N–H and O–H groups in total. The Morgan fingerprint density at radius 1 is 1.20 bits per heavy atom. The predicted octanol–water partition coefficient (Wildman–Crippen LogP) is 4.59. The Morgan fingerprint density at radius 2 is 1.84 bits per heavy atom. The van der Waals surface area contributed by atoms with Crippen LogP contribution in [0.5, 0.6) is 0 Å². The van der Waals surface area contributed by atoms with Gasteiger partial charge in [0.15, 0.2) is 0 Å². The van der Waals surface area contributed by atoms with E-state index >= 15 is 0 Å². The van der Waals surface area contributed by atoms with Crippen molar-refractivity contribution in [2.75, 3.05) is 13.1 Å². The predicted molar refractivity (Wildman–Crippen MR) is 102 cm³/mol. The van der Waals surface area contributed by atoms with Crippen LogP contribution in [0, 0.1) is 5.92 Å². The Kier molecular flexibility index (Phi) is 7.91. The van der Waals surface area contributed by atoms with Crippen molar-refractivity contribution in [2.24, 2.45) is 5.92 Å². The van der Waals surface area contributed by atoms with Crippen LogP contribution in [0.15, 0.2) is 24.3 Å². The summed E-state index contributed by atoms with van der Waals surface area (Å²) in [6, 6.07) is 8.39. The van der Waals surface area contributed by atoms with Gasteiger partial charge in [0.05, 0.1) is 0 Å². The van der Waals surface area contributed by atoms with E-state index < -0.39 is 5.91 Å². The van der Waals surface area contributed by atoms with Crippen molar-refractivity contribution in [1.82, 2.24) is 10.4 Å². The summed E-state index contributed by atoms with van der Waals surface area (Å²) >= 11 is 0. The fourth-order valence-corrected chi connectivity index (χ4v) is 3.99. The van der Waals surface area contributed by atoms with Crippen molar-refractivity contribution in [3.05, 3.63) is 35.4 Å². The van der Waals surface area contributed by atoms with Crippen molar-refractivity contribution in [2.45, 2.75) is 71.3 Å². The molecule has 0 radical (unpaired) electrons. The van der Waals surface area contributed by atoms with Crippen LogP contribution in [-0.4, -0.2) is 35.1 Å². The quantitative estimate of drug-likeness (QED) is 0.535. The molecule has 4 nitrogen and oxygen atoms in total. The normalized spacial score (nSPS) is 17.6. The van der Waals surface area contributed by atoms with Gasteiger partial charge in [-0.25, -0.2) is 5.48 Å². The Labute approximate surface area is 152 Å². The summed E-state index contributed by atoms with van der Waals surface area (Å²) in [5.41, 5.74) is 3.51. The molecule has 1 amide bonds. The van der Waals surface area contributed by atoms with Gasteiger partial charge < -0.3 is 4.90 Å². The minimum absolute atomic E-state index is 0.449. The number of carbonyl (C=O) groups excluding carboxylic acids is 1. The molecule has 0 aliphatic carbocycles. The molecular weight excluding hydrogens is 312 g/mol. The summed E-state index contributed by atoms with van der Waals surface area (Å²) in [7, 11) is 0. The lowest BCUT2D eigenvalue weighted by molar-refractivity contribution is 0.0706. The van der Waals surface area contributed by atoms with Gasteiger partial charge in [0.2, 0.25) is 0 Å². The molecular formula is C21H34N2O2. The zero-order valence-corrected chi connectivity index (χ0v) is 16.0. The zero-order valence-electron chi connectivity index (χ0n) is 16.0. The van der Waals surface area contributed by atoms with Gasteiger partial charge in [-0.2, -0.15) is 0 Å². The third-order valence-corrected chi connectivity index (χ3v) is 5.69. The maximum atomic E-state index is 11.5. The Balaban J connectivity index is 1.89. The van der Waals surface area contributed by atoms with Crippen molar-refractivity contribution in [3.8, 4) is 0 Å². The number of hydrogen-bond acceptors (Lipinski definition) is 3. The lowest BCUT2D eigenvalue weighted by atomic mass is 9.84. The second kappa shape index (κ2) is 9.93. The van der Waals surface area contributed by atoms with E-state index in [-0.39, 0.29) is 0 Å². The number of hydrogen-bond donors (Lipinski definition) is 2. The van der Waals surface area contributed by atoms with Crippen molar-refractivity contribution in [3.63, 3.8) is 0 Å². The summed E-state index contributed by atoms with van der Waals surface area (Å²) in [6.45, 7) is 9.30. The minimum atomic E-state index is -0.449. The van der Waals surface area contributed by atoms with Crippen molar-refractivity contribution >= 4 is 5.91 Å². The first-order valence-corrected chi connectivity index (χ1v) is 9.83. The Morgan fingerprint density at radius 3 is 2.36 bits per heavy atom. The van der Waals surface area contributed by atoms with Gasteiger partial charge in [0.1, 0.15) is 0 Å². The Bertz CT molecular complexity index is 519. The third-order valence-electron chi connectivity index (χ3n) is 5.69. The highest BCUT2D eigenvalue weighted by Crippen LogP contribution is 2.31. The molecule has 4 heteroatoms. The summed E-state index contributed by atoms with van der Waals surface area (Å²) in [5, 5.41) is 8.73. The minimum Gasteiger partial charge on any atom is -0.301 e. The summed E-state index contributed by atoms with van der Waals surface area (Å²) in [6.07, 6.45) is 7.55. The highest BCUT2D eigenvalue weighted by atomic mass is 16.5. The smallest absolute Gasteiger partial charge is 0.274 e. The summed E-state index contributed by atoms with van der Waals surface area (Å²) in [5.74, 6) is 0.976. The molecule has 2 rings (SSSR count). The number of nitrogens with zero attached hydrogens (tertiary/aromatic N) is 1. The van der Waals surface area contributed by atoms with Crippen LogP contribution >= 0.6 is 0 Å². The number of rotatable bonds is 8. The van der Waals surface area contributed by atoms with Gasteiger partial charge in [0, 0.05) is 11.6 Å². The maximum Gasteiger partial charge on any atom is 0.274 e. The average Bonchev–Trinajstić information content (AvgIpc) is 2.65. The molecule has 0 spiro atoms. The SMILES string of the molecule is CCC[C@@H](CCC1CCN(C(C)C)CC1)c1ccc(C(=O)NO)cc1. The number of hydroxylamine groups is 1. The molecule has 1 aliphatic heterocycles. The van der Waals surface area contributed by atoms with E-state index in [9.17, 15) is 4.79 Å². The number of nitrogens with one attached hydrogen (secondary N) is 1. The summed E-state index contributed by atoms with van der Waals surface area (Å²) < 4.78 is 0. The highest BCUT2D eigenvalue weighted by molar-refractivity contribution is 5.93. The molecule has 0 unspecified atom stereocenters. The number of piperidine rings is 1. The average molecular weight is 347 g/mol. The van der Waals surface area contributed by atoms with Crippen LogP contribution in [0.1, 0.15) is 81.1 Å². The Hall–Kier alpha value is -1.39. The van der Waals surface area contributed by atoms with E-state index in [2.05, 4.69) is 25.7 Å². The molecule has 1 fully saturated rings. The highest BCUT2D eigenvalue weighted by Gasteiger charge is 2.22. The lowest BCUT2D eigenvalue weighted by Gasteiger charge is -2.35. The van der Waals surface area contributed by atoms with Gasteiger partial charge in [-0.1, -0.05) is 25.5 Å². The van der Waals surface area contributed by atoms with E-state index in [0.29, 0.717) is 17.5 Å². The van der Waals surface area contributed by atoms with E-state index in [4.69, 9.17) is 5.21 Å². The number of amides is 1. The van der Waals surface area contributed by atoms with E-state index in [1.165, 1.54) is 57.2 Å². The van der Waals surface area contributed by atoms with Crippen LogP contribution in [0.3, 0.4) is 0 Å². The van der Waals surface area contributed by atoms with Gasteiger partial charge in [-0.05, 0) is 88.6 Å². The van der Waals surface area contributed by atoms with Crippen LogP contribution in [0.4, 0.5) is 0 Å². The van der Waals surface area contributed by atoms with Gasteiger partial charge in [-0.3, -0.25) is 10.0 Å². The van der Waals surface area contributed by atoms with E-state index in [1.807, 2.05) is 24.3 Å². The van der Waals surface area contributed by atoms with Crippen LogP contribution in [-0.2, 0) is 0 Å². The molecule has 1 heterocycles. The monoisotopic (exact) mass is 346 g/mol. The standard InChI is InChI=1S/C21H34N2O2/c1-4-5-18(19-8-10-20(11-9-19)21(24)22-25)7-6-17-12-14-23(15-13-17)16(2)3/h8-11,16-18,25H,4-7,12-15H2,1-3H3,(H,22,24)/t18-/m0/s1.